The Morgan fingerprint density at radius 2 is 2.26 bits per heavy atom. The number of morpholine rings is 1. The maximum Gasteiger partial charge on any atom is 0.267 e. The second-order valence-electron chi connectivity index (χ2n) is 5.49. The van der Waals surface area contributed by atoms with E-state index in [0.717, 1.165) is 28.6 Å². The van der Waals surface area contributed by atoms with Crippen LogP contribution in [0, 0.1) is 13.8 Å². The summed E-state index contributed by atoms with van der Waals surface area (Å²) >= 11 is 1.16. The molecule has 23 heavy (non-hydrogen) atoms. The first-order valence-electron chi connectivity index (χ1n) is 7.62. The van der Waals surface area contributed by atoms with E-state index in [4.69, 9.17) is 4.74 Å². The van der Waals surface area contributed by atoms with Crippen LogP contribution in [0.4, 0.5) is 0 Å². The van der Waals surface area contributed by atoms with Crippen molar-refractivity contribution in [2.24, 2.45) is 0 Å². The number of amides is 1. The fraction of sp³-hybridized carbons (Fsp3) is 0.533. The molecule has 1 saturated heterocycles. The molecule has 122 valence electrons. The van der Waals surface area contributed by atoms with Gasteiger partial charge in [0.1, 0.15) is 16.8 Å². The highest BCUT2D eigenvalue weighted by molar-refractivity contribution is 7.08. The van der Waals surface area contributed by atoms with Crippen molar-refractivity contribution in [3.63, 3.8) is 0 Å². The van der Waals surface area contributed by atoms with Crippen LogP contribution in [0.1, 0.15) is 45.6 Å². The molecule has 1 fully saturated rings. The summed E-state index contributed by atoms with van der Waals surface area (Å²) in [6.45, 7) is 7.31. The Morgan fingerprint density at radius 3 is 3.00 bits per heavy atom. The molecule has 0 aliphatic carbocycles. The number of hydrogen-bond donors (Lipinski definition) is 0. The summed E-state index contributed by atoms with van der Waals surface area (Å²) in [4.78, 5) is 23.9. The average Bonchev–Trinajstić information content (AvgIpc) is 3.02. The first-order valence-corrected chi connectivity index (χ1v) is 8.40. The van der Waals surface area contributed by atoms with Gasteiger partial charge in [0.25, 0.3) is 5.91 Å². The Labute approximate surface area is 138 Å². The van der Waals surface area contributed by atoms with Crippen LogP contribution in [-0.2, 0) is 11.2 Å². The highest BCUT2D eigenvalue weighted by Gasteiger charge is 2.29. The first-order chi connectivity index (χ1) is 11.1. The molecule has 3 heterocycles. The minimum Gasteiger partial charge on any atom is -0.368 e. The van der Waals surface area contributed by atoms with Gasteiger partial charge >= 0.3 is 0 Å². The molecule has 0 spiro atoms. The van der Waals surface area contributed by atoms with Gasteiger partial charge in [-0.3, -0.25) is 4.79 Å². The quantitative estimate of drug-likeness (QED) is 0.851. The number of aryl methyl sites for hydroxylation is 3. The molecule has 8 heteroatoms. The third kappa shape index (κ3) is 3.37. The van der Waals surface area contributed by atoms with Crippen LogP contribution in [-0.4, -0.2) is 50.1 Å². The SMILES string of the molecule is CCc1nnsc1C(=O)N1CCOC(c2cc(C)nc(C)n2)C1. The Bertz CT molecular complexity index is 697. The van der Waals surface area contributed by atoms with Crippen molar-refractivity contribution in [1.29, 1.82) is 0 Å². The average molecular weight is 333 g/mol. The van der Waals surface area contributed by atoms with Crippen LogP contribution in [0.25, 0.3) is 0 Å². The molecule has 2 aromatic heterocycles. The molecule has 0 radical (unpaired) electrons. The number of aromatic nitrogens is 4. The van der Waals surface area contributed by atoms with Crippen LogP contribution in [0.3, 0.4) is 0 Å². The normalized spacial score (nSPS) is 18.2. The Hall–Kier alpha value is -1.93. The molecule has 1 aliphatic heterocycles. The van der Waals surface area contributed by atoms with Crippen molar-refractivity contribution < 1.29 is 9.53 Å². The van der Waals surface area contributed by atoms with Gasteiger partial charge in [-0.1, -0.05) is 11.4 Å². The van der Waals surface area contributed by atoms with Crippen molar-refractivity contribution in [2.75, 3.05) is 19.7 Å². The summed E-state index contributed by atoms with van der Waals surface area (Å²) in [6.07, 6.45) is 0.481. The van der Waals surface area contributed by atoms with E-state index in [1.165, 1.54) is 0 Å². The third-order valence-electron chi connectivity index (χ3n) is 3.75. The molecule has 3 rings (SSSR count). The van der Waals surface area contributed by atoms with Gasteiger partial charge in [-0.05, 0) is 37.9 Å². The summed E-state index contributed by atoms with van der Waals surface area (Å²) in [5.74, 6) is 0.694. The highest BCUT2D eigenvalue weighted by atomic mass is 32.1. The van der Waals surface area contributed by atoms with Crippen molar-refractivity contribution in [2.45, 2.75) is 33.3 Å². The first kappa shape index (κ1) is 15.9. The largest absolute Gasteiger partial charge is 0.368 e. The second-order valence-corrected chi connectivity index (χ2v) is 6.25. The molecule has 0 saturated carbocycles. The Balaban J connectivity index is 1.79. The summed E-state index contributed by atoms with van der Waals surface area (Å²) < 4.78 is 9.72. The summed E-state index contributed by atoms with van der Waals surface area (Å²) in [6, 6.07) is 1.91. The predicted molar refractivity (Wildman–Crippen MR) is 85.4 cm³/mol. The summed E-state index contributed by atoms with van der Waals surface area (Å²) in [7, 11) is 0. The molecule has 0 N–H and O–H groups in total. The van der Waals surface area contributed by atoms with E-state index in [-0.39, 0.29) is 12.0 Å². The van der Waals surface area contributed by atoms with E-state index >= 15 is 0 Å². The van der Waals surface area contributed by atoms with Crippen LogP contribution in [0.2, 0.25) is 0 Å². The van der Waals surface area contributed by atoms with Gasteiger partial charge in [0, 0.05) is 12.2 Å². The molecule has 1 amide bonds. The zero-order valence-corrected chi connectivity index (χ0v) is 14.3. The molecule has 0 aromatic carbocycles. The minimum absolute atomic E-state index is 0.0207. The van der Waals surface area contributed by atoms with Gasteiger partial charge in [-0.25, -0.2) is 9.97 Å². The molecular formula is C15H19N5O2S. The van der Waals surface area contributed by atoms with Crippen molar-refractivity contribution in [1.82, 2.24) is 24.5 Å². The lowest BCUT2D eigenvalue weighted by atomic mass is 10.1. The molecular weight excluding hydrogens is 314 g/mol. The van der Waals surface area contributed by atoms with E-state index < -0.39 is 0 Å². The zero-order chi connectivity index (χ0) is 16.4. The topological polar surface area (TPSA) is 81.1 Å². The number of carbonyl (C=O) groups is 1. The van der Waals surface area contributed by atoms with Crippen molar-refractivity contribution in [3.8, 4) is 0 Å². The van der Waals surface area contributed by atoms with Crippen molar-refractivity contribution in [3.05, 3.63) is 33.8 Å². The number of hydrogen-bond acceptors (Lipinski definition) is 7. The van der Waals surface area contributed by atoms with Crippen molar-refractivity contribution >= 4 is 17.4 Å². The van der Waals surface area contributed by atoms with Gasteiger partial charge in [-0.2, -0.15) is 0 Å². The van der Waals surface area contributed by atoms with Gasteiger partial charge in [0.15, 0.2) is 0 Å². The number of rotatable bonds is 3. The van der Waals surface area contributed by atoms with Crippen LogP contribution < -0.4 is 0 Å². The summed E-state index contributed by atoms with van der Waals surface area (Å²) in [5.41, 5.74) is 2.49. The van der Waals surface area contributed by atoms with E-state index in [2.05, 4.69) is 19.6 Å². The maximum atomic E-state index is 12.7. The maximum absolute atomic E-state index is 12.7. The Morgan fingerprint density at radius 1 is 1.43 bits per heavy atom. The fourth-order valence-corrected chi connectivity index (χ4v) is 3.39. The third-order valence-corrected chi connectivity index (χ3v) is 4.51. The van der Waals surface area contributed by atoms with E-state index in [0.29, 0.717) is 36.8 Å². The molecule has 1 aliphatic rings. The van der Waals surface area contributed by atoms with E-state index in [1.807, 2.05) is 26.8 Å². The van der Waals surface area contributed by atoms with Gasteiger partial charge in [0.2, 0.25) is 0 Å². The lowest BCUT2D eigenvalue weighted by molar-refractivity contribution is -0.0247. The van der Waals surface area contributed by atoms with E-state index in [1.54, 1.807) is 4.90 Å². The zero-order valence-electron chi connectivity index (χ0n) is 13.4. The van der Waals surface area contributed by atoms with Gasteiger partial charge in [-0.15, -0.1) is 5.10 Å². The molecule has 7 nitrogen and oxygen atoms in total. The second kappa shape index (κ2) is 6.67. The highest BCUT2D eigenvalue weighted by Crippen LogP contribution is 2.24. The number of carbonyl (C=O) groups excluding carboxylic acids is 1. The predicted octanol–water partition coefficient (Wildman–Crippen LogP) is 1.72. The molecule has 2 aromatic rings. The molecule has 1 atom stereocenters. The van der Waals surface area contributed by atoms with E-state index in [9.17, 15) is 4.79 Å². The lowest BCUT2D eigenvalue weighted by Gasteiger charge is -2.32. The minimum atomic E-state index is -0.223. The lowest BCUT2D eigenvalue weighted by Crippen LogP contribution is -2.42. The summed E-state index contributed by atoms with van der Waals surface area (Å²) in [5, 5.41) is 4.02. The molecule has 0 bridgehead atoms. The monoisotopic (exact) mass is 333 g/mol. The Kier molecular flexibility index (Phi) is 4.63. The number of nitrogens with zero attached hydrogens (tertiary/aromatic N) is 5. The molecule has 1 unspecified atom stereocenters. The smallest absolute Gasteiger partial charge is 0.267 e. The fourth-order valence-electron chi connectivity index (χ4n) is 2.67. The van der Waals surface area contributed by atoms with Crippen LogP contribution in [0.15, 0.2) is 6.07 Å². The van der Waals surface area contributed by atoms with Crippen LogP contribution >= 0.6 is 11.5 Å². The van der Waals surface area contributed by atoms with Crippen LogP contribution in [0.5, 0.6) is 0 Å². The standard InChI is InChI=1S/C15H19N5O2S/c1-4-11-14(23-19-18-11)15(21)20-5-6-22-13(8-20)12-7-9(2)16-10(3)17-12/h7,13H,4-6,8H2,1-3H3. The van der Waals surface area contributed by atoms with Gasteiger partial charge < -0.3 is 9.64 Å². The van der Waals surface area contributed by atoms with Gasteiger partial charge in [0.05, 0.1) is 24.5 Å². The number of ether oxygens (including phenoxy) is 1.